The van der Waals surface area contributed by atoms with Crippen molar-refractivity contribution in [3.8, 4) is 0 Å². The van der Waals surface area contributed by atoms with Gasteiger partial charge in [-0.1, -0.05) is 27.7 Å². The summed E-state index contributed by atoms with van der Waals surface area (Å²) in [7, 11) is 0. The number of nitrogens with one attached hydrogen (secondary N) is 1. The number of rotatable bonds is 5. The quantitative estimate of drug-likeness (QED) is 0.752. The molecule has 2 nitrogen and oxygen atoms in total. The first-order chi connectivity index (χ1) is 7.01. The van der Waals surface area contributed by atoms with E-state index in [0.29, 0.717) is 5.41 Å². The van der Waals surface area contributed by atoms with Gasteiger partial charge in [0, 0.05) is 6.54 Å². The minimum absolute atomic E-state index is 0.418. The summed E-state index contributed by atoms with van der Waals surface area (Å²) >= 11 is 0. The van der Waals surface area contributed by atoms with Gasteiger partial charge in [0.15, 0.2) is 0 Å². The van der Waals surface area contributed by atoms with Crippen LogP contribution in [0.1, 0.15) is 40.5 Å². The molecule has 0 bridgehead atoms. The van der Waals surface area contributed by atoms with Crippen LogP contribution in [0, 0.1) is 11.3 Å². The second-order valence-corrected chi connectivity index (χ2v) is 6.15. The van der Waals surface area contributed by atoms with Crippen molar-refractivity contribution < 1.29 is 0 Å². The zero-order valence-corrected chi connectivity index (χ0v) is 11.0. The second-order valence-electron chi connectivity index (χ2n) is 6.15. The Hall–Kier alpha value is -0.0800. The summed E-state index contributed by atoms with van der Waals surface area (Å²) in [6.07, 6.45) is 2.68. The molecule has 0 aromatic carbocycles. The Morgan fingerprint density at radius 3 is 2.67 bits per heavy atom. The summed E-state index contributed by atoms with van der Waals surface area (Å²) in [4.78, 5) is 2.60. The van der Waals surface area contributed by atoms with Gasteiger partial charge in [0.1, 0.15) is 0 Å². The molecule has 1 unspecified atom stereocenters. The zero-order valence-electron chi connectivity index (χ0n) is 11.0. The van der Waals surface area contributed by atoms with Crippen LogP contribution in [0.5, 0.6) is 0 Å². The Morgan fingerprint density at radius 2 is 2.07 bits per heavy atom. The van der Waals surface area contributed by atoms with E-state index < -0.39 is 0 Å². The molecule has 0 spiro atoms. The fourth-order valence-corrected chi connectivity index (χ4v) is 2.25. The van der Waals surface area contributed by atoms with E-state index in [1.165, 1.54) is 39.0 Å². The normalized spacial score (nSPS) is 23.6. The third-order valence-electron chi connectivity index (χ3n) is 3.00. The second kappa shape index (κ2) is 5.86. The fourth-order valence-electron chi connectivity index (χ4n) is 2.25. The summed E-state index contributed by atoms with van der Waals surface area (Å²) in [5, 5.41) is 3.60. The van der Waals surface area contributed by atoms with Crippen LogP contribution in [0.3, 0.4) is 0 Å². The van der Waals surface area contributed by atoms with Crippen LogP contribution in [0.15, 0.2) is 0 Å². The minimum atomic E-state index is 0.418. The smallest absolute Gasteiger partial charge is 0.00223 e. The highest BCUT2D eigenvalue weighted by Crippen LogP contribution is 2.16. The molecule has 0 amide bonds. The van der Waals surface area contributed by atoms with E-state index >= 15 is 0 Å². The molecule has 1 aliphatic rings. The molecule has 0 aromatic heterocycles. The third kappa shape index (κ3) is 5.53. The SMILES string of the molecule is CCCN1CCC(CNCC(C)(C)C)C1. The van der Waals surface area contributed by atoms with E-state index in [1.807, 2.05) is 0 Å². The van der Waals surface area contributed by atoms with Gasteiger partial charge in [-0.3, -0.25) is 0 Å². The zero-order chi connectivity index (χ0) is 11.3. The van der Waals surface area contributed by atoms with Gasteiger partial charge in [-0.05, 0) is 50.4 Å². The lowest BCUT2D eigenvalue weighted by Gasteiger charge is -2.21. The summed E-state index contributed by atoms with van der Waals surface area (Å²) < 4.78 is 0. The average molecular weight is 212 g/mol. The van der Waals surface area contributed by atoms with E-state index in [2.05, 4.69) is 37.9 Å². The average Bonchev–Trinajstić information content (AvgIpc) is 2.51. The Morgan fingerprint density at radius 1 is 1.33 bits per heavy atom. The third-order valence-corrected chi connectivity index (χ3v) is 3.00. The maximum absolute atomic E-state index is 3.60. The van der Waals surface area contributed by atoms with Crippen molar-refractivity contribution in [3.05, 3.63) is 0 Å². The maximum atomic E-state index is 3.60. The molecule has 2 heteroatoms. The van der Waals surface area contributed by atoms with Crippen molar-refractivity contribution in [3.63, 3.8) is 0 Å². The molecule has 1 rings (SSSR count). The van der Waals surface area contributed by atoms with Gasteiger partial charge in [-0.15, -0.1) is 0 Å². The van der Waals surface area contributed by atoms with Crippen LogP contribution in [0.2, 0.25) is 0 Å². The van der Waals surface area contributed by atoms with Crippen molar-refractivity contribution >= 4 is 0 Å². The molecule has 1 heterocycles. The van der Waals surface area contributed by atoms with E-state index in [0.717, 1.165) is 12.5 Å². The van der Waals surface area contributed by atoms with E-state index in [4.69, 9.17) is 0 Å². The van der Waals surface area contributed by atoms with Gasteiger partial charge >= 0.3 is 0 Å². The van der Waals surface area contributed by atoms with Crippen LogP contribution < -0.4 is 5.32 Å². The van der Waals surface area contributed by atoms with Crippen LogP contribution in [0.4, 0.5) is 0 Å². The van der Waals surface area contributed by atoms with Crippen LogP contribution in [-0.4, -0.2) is 37.6 Å². The molecule has 0 radical (unpaired) electrons. The number of hydrogen-bond acceptors (Lipinski definition) is 2. The molecular weight excluding hydrogens is 184 g/mol. The molecule has 90 valence electrons. The van der Waals surface area contributed by atoms with Gasteiger partial charge in [0.25, 0.3) is 0 Å². The molecule has 0 aromatic rings. The number of hydrogen-bond donors (Lipinski definition) is 1. The first-order valence-corrected chi connectivity index (χ1v) is 6.44. The summed E-state index contributed by atoms with van der Waals surface area (Å²) in [6, 6.07) is 0. The minimum Gasteiger partial charge on any atom is -0.316 e. The standard InChI is InChI=1S/C13H28N2/c1-5-7-15-8-6-12(10-15)9-14-11-13(2,3)4/h12,14H,5-11H2,1-4H3. The highest BCUT2D eigenvalue weighted by atomic mass is 15.1. The highest BCUT2D eigenvalue weighted by molar-refractivity contribution is 4.77. The predicted molar refractivity (Wildman–Crippen MR) is 67.2 cm³/mol. The monoisotopic (exact) mass is 212 g/mol. The molecule has 0 saturated carbocycles. The summed E-state index contributed by atoms with van der Waals surface area (Å²) in [5.41, 5.74) is 0.418. The molecular formula is C13H28N2. The predicted octanol–water partition coefficient (Wildman–Crippen LogP) is 2.35. The topological polar surface area (TPSA) is 15.3 Å². The summed E-state index contributed by atoms with van der Waals surface area (Å²) in [6.45, 7) is 15.4. The van der Waals surface area contributed by atoms with E-state index in [1.54, 1.807) is 0 Å². The lowest BCUT2D eigenvalue weighted by molar-refractivity contribution is 0.314. The first-order valence-electron chi connectivity index (χ1n) is 6.44. The molecule has 0 aliphatic carbocycles. The van der Waals surface area contributed by atoms with Crippen LogP contribution in [-0.2, 0) is 0 Å². The Kier molecular flexibility index (Phi) is 5.07. The Bertz CT molecular complexity index is 172. The molecule has 1 aliphatic heterocycles. The van der Waals surface area contributed by atoms with Crippen LogP contribution in [0.25, 0.3) is 0 Å². The van der Waals surface area contributed by atoms with Crippen molar-refractivity contribution in [1.82, 2.24) is 10.2 Å². The first kappa shape index (κ1) is 13.0. The lowest BCUT2D eigenvalue weighted by atomic mass is 9.96. The Balaban J connectivity index is 2.09. The van der Waals surface area contributed by atoms with Crippen molar-refractivity contribution in [2.75, 3.05) is 32.7 Å². The fraction of sp³-hybridized carbons (Fsp3) is 1.00. The van der Waals surface area contributed by atoms with Gasteiger partial charge in [0.2, 0.25) is 0 Å². The molecule has 1 fully saturated rings. The van der Waals surface area contributed by atoms with Crippen molar-refractivity contribution in [2.24, 2.45) is 11.3 Å². The number of likely N-dealkylation sites (tertiary alicyclic amines) is 1. The van der Waals surface area contributed by atoms with Crippen LogP contribution >= 0.6 is 0 Å². The summed E-state index contributed by atoms with van der Waals surface area (Å²) in [5.74, 6) is 0.888. The molecule has 1 N–H and O–H groups in total. The van der Waals surface area contributed by atoms with Gasteiger partial charge in [0.05, 0.1) is 0 Å². The maximum Gasteiger partial charge on any atom is 0.00223 e. The molecule has 15 heavy (non-hydrogen) atoms. The molecule has 1 saturated heterocycles. The Labute approximate surface area is 95.4 Å². The largest absolute Gasteiger partial charge is 0.316 e. The highest BCUT2D eigenvalue weighted by Gasteiger charge is 2.21. The van der Waals surface area contributed by atoms with Crippen molar-refractivity contribution in [1.29, 1.82) is 0 Å². The number of nitrogens with zero attached hydrogens (tertiary/aromatic N) is 1. The molecule has 1 atom stereocenters. The van der Waals surface area contributed by atoms with E-state index in [9.17, 15) is 0 Å². The van der Waals surface area contributed by atoms with Gasteiger partial charge in [-0.25, -0.2) is 0 Å². The van der Waals surface area contributed by atoms with Crippen molar-refractivity contribution in [2.45, 2.75) is 40.5 Å². The lowest BCUT2D eigenvalue weighted by Crippen LogP contribution is -2.32. The van der Waals surface area contributed by atoms with E-state index in [-0.39, 0.29) is 0 Å². The van der Waals surface area contributed by atoms with Gasteiger partial charge < -0.3 is 10.2 Å². The van der Waals surface area contributed by atoms with Gasteiger partial charge in [-0.2, -0.15) is 0 Å².